The Morgan fingerprint density at radius 1 is 1.45 bits per heavy atom. The van der Waals surface area contributed by atoms with Crippen LogP contribution >= 0.6 is 11.8 Å². The fourth-order valence-corrected chi connectivity index (χ4v) is 3.51. The maximum atomic E-state index is 12.1. The van der Waals surface area contributed by atoms with E-state index in [0.717, 1.165) is 0 Å². The van der Waals surface area contributed by atoms with Gasteiger partial charge in [0, 0.05) is 17.9 Å². The zero-order chi connectivity index (χ0) is 15.4. The number of Topliss-reactive ketones (excluding diaryl/α,β-unsaturated/α-hetero) is 1. The molecule has 1 unspecified atom stereocenters. The second kappa shape index (κ2) is 6.71. The van der Waals surface area contributed by atoms with Crippen LogP contribution in [0.1, 0.15) is 24.2 Å². The third kappa shape index (κ3) is 4.90. The molecule has 0 spiro atoms. The second-order valence-corrected chi connectivity index (χ2v) is 7.47. The Morgan fingerprint density at radius 3 is 2.65 bits per heavy atom. The van der Waals surface area contributed by atoms with Gasteiger partial charge in [-0.3, -0.25) is 4.79 Å². The van der Waals surface area contributed by atoms with Crippen LogP contribution in [0.25, 0.3) is 0 Å². The molecule has 0 radical (unpaired) electrons. The first-order valence-electron chi connectivity index (χ1n) is 6.00. The Kier molecular flexibility index (Phi) is 5.76. The number of rotatable bonds is 7. The van der Waals surface area contributed by atoms with Crippen molar-refractivity contribution in [2.45, 2.75) is 24.3 Å². The average Bonchev–Trinajstić information content (AvgIpc) is 2.37. The largest absolute Gasteiger partial charge is 0.388 e. The highest BCUT2D eigenvalue weighted by Gasteiger charge is 2.24. The minimum Gasteiger partial charge on any atom is -0.388 e. The summed E-state index contributed by atoms with van der Waals surface area (Å²) in [6.07, 6.45) is 1.83. The monoisotopic (exact) mass is 317 g/mol. The number of carbonyl (C=O) groups is 1. The third-order valence-electron chi connectivity index (χ3n) is 2.65. The maximum Gasteiger partial charge on any atom is 0.240 e. The predicted octanol–water partition coefficient (Wildman–Crippen LogP) is 1.28. The molecule has 0 saturated heterocycles. The van der Waals surface area contributed by atoms with E-state index in [4.69, 9.17) is 0 Å². The van der Waals surface area contributed by atoms with Crippen LogP contribution < -0.4 is 4.72 Å². The summed E-state index contributed by atoms with van der Waals surface area (Å²) >= 11 is 1.43. The number of carbonyl (C=O) groups excluding carboxylic acids is 1. The van der Waals surface area contributed by atoms with E-state index in [-0.39, 0.29) is 17.2 Å². The maximum absolute atomic E-state index is 12.1. The van der Waals surface area contributed by atoms with Crippen LogP contribution in [0.4, 0.5) is 0 Å². The zero-order valence-corrected chi connectivity index (χ0v) is 13.3. The van der Waals surface area contributed by atoms with E-state index in [1.165, 1.54) is 36.9 Å². The third-order valence-corrected chi connectivity index (χ3v) is 4.96. The van der Waals surface area contributed by atoms with Crippen LogP contribution in [0.5, 0.6) is 0 Å². The molecule has 1 rings (SSSR count). The van der Waals surface area contributed by atoms with Gasteiger partial charge in [0.25, 0.3) is 0 Å². The Bertz CT molecular complexity index is 582. The number of nitrogens with one attached hydrogen (secondary N) is 1. The predicted molar refractivity (Wildman–Crippen MR) is 80.6 cm³/mol. The van der Waals surface area contributed by atoms with Gasteiger partial charge in [-0.15, -0.1) is 0 Å². The van der Waals surface area contributed by atoms with Gasteiger partial charge in [0.05, 0.1) is 10.5 Å². The summed E-state index contributed by atoms with van der Waals surface area (Å²) in [4.78, 5) is 11.3. The van der Waals surface area contributed by atoms with Crippen molar-refractivity contribution >= 4 is 27.6 Å². The lowest BCUT2D eigenvalue weighted by Gasteiger charge is -2.22. The second-order valence-electron chi connectivity index (χ2n) is 4.84. The molecule has 0 aliphatic heterocycles. The van der Waals surface area contributed by atoms with Crippen molar-refractivity contribution in [3.8, 4) is 0 Å². The first-order chi connectivity index (χ1) is 9.18. The van der Waals surface area contributed by atoms with Gasteiger partial charge < -0.3 is 5.11 Å². The molecule has 7 heteroatoms. The van der Waals surface area contributed by atoms with Crippen LogP contribution in [0.15, 0.2) is 29.2 Å². The number of ketones is 1. The van der Waals surface area contributed by atoms with Crippen molar-refractivity contribution in [2.24, 2.45) is 0 Å². The van der Waals surface area contributed by atoms with Crippen LogP contribution in [-0.2, 0) is 10.0 Å². The van der Waals surface area contributed by atoms with Crippen LogP contribution in [0, 0.1) is 0 Å². The minimum atomic E-state index is -3.74. The van der Waals surface area contributed by atoms with E-state index in [1.54, 1.807) is 13.0 Å². The topological polar surface area (TPSA) is 83.5 Å². The first-order valence-corrected chi connectivity index (χ1v) is 8.88. The number of hydrogen-bond acceptors (Lipinski definition) is 5. The summed E-state index contributed by atoms with van der Waals surface area (Å²) in [5, 5.41) is 9.97. The molecule has 5 nitrogen and oxygen atoms in total. The van der Waals surface area contributed by atoms with Crippen LogP contribution in [0.3, 0.4) is 0 Å². The summed E-state index contributed by atoms with van der Waals surface area (Å²) < 4.78 is 26.6. The number of sulfonamides is 1. The van der Waals surface area contributed by atoms with Crippen molar-refractivity contribution < 1.29 is 18.3 Å². The molecule has 0 bridgehead atoms. The van der Waals surface area contributed by atoms with Gasteiger partial charge in [0.1, 0.15) is 0 Å². The number of thioether (sulfide) groups is 1. The quantitative estimate of drug-likeness (QED) is 0.740. The normalized spacial score (nSPS) is 14.8. The molecule has 0 aliphatic rings. The van der Waals surface area contributed by atoms with E-state index in [1.807, 2.05) is 6.26 Å². The van der Waals surface area contributed by atoms with E-state index in [2.05, 4.69) is 4.72 Å². The summed E-state index contributed by atoms with van der Waals surface area (Å²) in [7, 11) is -3.74. The molecule has 0 aliphatic carbocycles. The Balaban J connectivity index is 2.89. The van der Waals surface area contributed by atoms with Crippen molar-refractivity contribution in [3.05, 3.63) is 29.8 Å². The molecule has 1 aromatic carbocycles. The summed E-state index contributed by atoms with van der Waals surface area (Å²) in [5.41, 5.74) is -0.784. The molecule has 1 atom stereocenters. The van der Waals surface area contributed by atoms with E-state index in [0.29, 0.717) is 11.3 Å². The molecule has 20 heavy (non-hydrogen) atoms. The molecule has 0 amide bonds. The number of hydrogen-bond donors (Lipinski definition) is 2. The number of aliphatic hydroxyl groups is 1. The van der Waals surface area contributed by atoms with Gasteiger partial charge in [0.15, 0.2) is 5.78 Å². The van der Waals surface area contributed by atoms with Gasteiger partial charge in [-0.05, 0) is 32.2 Å². The van der Waals surface area contributed by atoms with Gasteiger partial charge >= 0.3 is 0 Å². The Morgan fingerprint density at radius 2 is 2.10 bits per heavy atom. The molecular formula is C13H19NO4S2. The van der Waals surface area contributed by atoms with E-state index < -0.39 is 15.6 Å². The lowest BCUT2D eigenvalue weighted by Crippen LogP contribution is -2.42. The van der Waals surface area contributed by atoms with Gasteiger partial charge in [-0.2, -0.15) is 11.8 Å². The first kappa shape index (κ1) is 17.2. The highest BCUT2D eigenvalue weighted by Crippen LogP contribution is 2.14. The average molecular weight is 317 g/mol. The van der Waals surface area contributed by atoms with Crippen molar-refractivity contribution in [1.29, 1.82) is 0 Å². The fourth-order valence-electron chi connectivity index (χ4n) is 1.58. The SMILES string of the molecule is CSCC(C)(O)CNS(=O)(=O)c1cccc(C(C)=O)c1. The van der Waals surface area contributed by atoms with Gasteiger partial charge in [0.2, 0.25) is 10.0 Å². The summed E-state index contributed by atoms with van der Waals surface area (Å²) in [5.74, 6) is 0.222. The molecule has 0 fully saturated rings. The van der Waals surface area contributed by atoms with Crippen LogP contribution in [0.2, 0.25) is 0 Å². The summed E-state index contributed by atoms with van der Waals surface area (Å²) in [6, 6.07) is 5.82. The van der Waals surface area contributed by atoms with E-state index >= 15 is 0 Å². The highest BCUT2D eigenvalue weighted by molar-refractivity contribution is 7.98. The fraction of sp³-hybridized carbons (Fsp3) is 0.462. The van der Waals surface area contributed by atoms with Gasteiger partial charge in [-0.1, -0.05) is 12.1 Å². The smallest absolute Gasteiger partial charge is 0.240 e. The van der Waals surface area contributed by atoms with Gasteiger partial charge in [-0.25, -0.2) is 13.1 Å². The Labute approximate surface area is 123 Å². The lowest BCUT2D eigenvalue weighted by molar-refractivity contribution is 0.0908. The number of benzene rings is 1. The molecule has 2 N–H and O–H groups in total. The van der Waals surface area contributed by atoms with Crippen molar-refractivity contribution in [2.75, 3.05) is 18.6 Å². The zero-order valence-electron chi connectivity index (χ0n) is 11.7. The molecule has 0 heterocycles. The van der Waals surface area contributed by atoms with E-state index in [9.17, 15) is 18.3 Å². The van der Waals surface area contributed by atoms with Crippen molar-refractivity contribution in [3.63, 3.8) is 0 Å². The van der Waals surface area contributed by atoms with Crippen LogP contribution in [-0.4, -0.2) is 43.5 Å². The van der Waals surface area contributed by atoms with Crippen molar-refractivity contribution in [1.82, 2.24) is 4.72 Å². The minimum absolute atomic E-state index is 0.0187. The molecule has 0 aromatic heterocycles. The molecule has 112 valence electrons. The summed E-state index contributed by atoms with van der Waals surface area (Å²) in [6.45, 7) is 2.86. The standard InChI is InChI=1S/C13H19NO4S2/c1-10(15)11-5-4-6-12(7-11)20(17,18)14-8-13(2,16)9-19-3/h4-7,14,16H,8-9H2,1-3H3. The highest BCUT2D eigenvalue weighted by atomic mass is 32.2. The Hall–Kier alpha value is -0.890. The molecule has 1 aromatic rings. The molecular weight excluding hydrogens is 298 g/mol. The molecule has 0 saturated carbocycles. The lowest BCUT2D eigenvalue weighted by atomic mass is 10.1.